The Morgan fingerprint density at radius 3 is 2.03 bits per heavy atom. The molecule has 0 radical (unpaired) electrons. The number of amides is 3. The first-order chi connectivity index (χ1) is 14.3. The van der Waals surface area contributed by atoms with E-state index in [0.717, 1.165) is 11.1 Å². The average Bonchev–Trinajstić information content (AvgIpc) is 2.72. The molecule has 4 N–H and O–H groups in total. The van der Waals surface area contributed by atoms with Crippen molar-refractivity contribution in [2.75, 3.05) is 0 Å². The molecule has 2 rings (SSSR count). The molecular formula is C22H24BrN3O4. The maximum Gasteiger partial charge on any atom is 0.408 e. The first kappa shape index (κ1) is 23.2. The van der Waals surface area contributed by atoms with Gasteiger partial charge in [0.05, 0.1) is 0 Å². The van der Waals surface area contributed by atoms with Crippen molar-refractivity contribution < 1.29 is 19.1 Å². The zero-order valence-electron chi connectivity index (χ0n) is 16.3. The molecule has 0 aromatic heterocycles. The number of primary amides is 1. The lowest BCUT2D eigenvalue weighted by atomic mass is 10.0. The quantitative estimate of drug-likeness (QED) is 0.492. The second-order valence-electron chi connectivity index (χ2n) is 6.63. The number of hydrogen-bond donors (Lipinski definition) is 3. The van der Waals surface area contributed by atoms with Crippen LogP contribution in [0.5, 0.6) is 0 Å². The molecule has 0 heterocycles. The van der Waals surface area contributed by atoms with E-state index < -0.39 is 30.0 Å². The third-order valence-electron chi connectivity index (χ3n) is 4.19. The lowest BCUT2D eigenvalue weighted by Crippen LogP contribution is -2.53. The fourth-order valence-corrected chi connectivity index (χ4v) is 3.01. The monoisotopic (exact) mass is 473 g/mol. The van der Waals surface area contributed by atoms with Gasteiger partial charge in [-0.15, -0.1) is 0 Å². The predicted molar refractivity (Wildman–Crippen MR) is 118 cm³/mol. The first-order valence-electron chi connectivity index (χ1n) is 9.29. The van der Waals surface area contributed by atoms with Crippen LogP contribution in [0.4, 0.5) is 4.79 Å². The number of ether oxygens (including phenoxy) is 1. The smallest absolute Gasteiger partial charge is 0.408 e. The molecule has 3 amide bonds. The van der Waals surface area contributed by atoms with Crippen LogP contribution in [0.15, 0.2) is 71.7 Å². The molecule has 0 aliphatic rings. The number of carbonyl (C=O) groups excluding carboxylic acids is 3. The van der Waals surface area contributed by atoms with Gasteiger partial charge in [-0.2, -0.15) is 0 Å². The molecule has 0 fully saturated rings. The van der Waals surface area contributed by atoms with Gasteiger partial charge < -0.3 is 21.1 Å². The number of nitrogens with two attached hydrogens (primary N) is 1. The Hall–Kier alpha value is -3.13. The number of hydrogen-bond acceptors (Lipinski definition) is 4. The van der Waals surface area contributed by atoms with E-state index >= 15 is 0 Å². The SMILES string of the molecule is C=C(Br)C[C@@H](NC(=O)[C@@H](Cc1ccccc1)NC(=O)OCc1ccccc1)C(N)=O. The zero-order valence-corrected chi connectivity index (χ0v) is 17.9. The third kappa shape index (κ3) is 8.08. The Balaban J connectivity index is 2.06. The van der Waals surface area contributed by atoms with Gasteiger partial charge in [0.1, 0.15) is 18.7 Å². The minimum Gasteiger partial charge on any atom is -0.445 e. The van der Waals surface area contributed by atoms with E-state index in [1.54, 1.807) is 0 Å². The van der Waals surface area contributed by atoms with Crippen LogP contribution < -0.4 is 16.4 Å². The van der Waals surface area contributed by atoms with Gasteiger partial charge in [0, 0.05) is 12.8 Å². The molecule has 2 aromatic rings. The first-order valence-corrected chi connectivity index (χ1v) is 10.1. The van der Waals surface area contributed by atoms with E-state index in [0.29, 0.717) is 4.48 Å². The van der Waals surface area contributed by atoms with Crippen molar-refractivity contribution in [3.05, 3.63) is 82.9 Å². The van der Waals surface area contributed by atoms with Crippen LogP contribution in [0.1, 0.15) is 17.5 Å². The Morgan fingerprint density at radius 2 is 1.50 bits per heavy atom. The highest BCUT2D eigenvalue weighted by Gasteiger charge is 2.26. The second kappa shape index (κ2) is 11.8. The van der Waals surface area contributed by atoms with Crippen LogP contribution in [-0.2, 0) is 27.4 Å². The number of benzene rings is 2. The number of carbonyl (C=O) groups is 3. The summed E-state index contributed by atoms with van der Waals surface area (Å²) in [6.07, 6.45) is -0.388. The summed E-state index contributed by atoms with van der Waals surface area (Å²) in [7, 11) is 0. The van der Waals surface area contributed by atoms with Crippen LogP contribution >= 0.6 is 15.9 Å². The number of halogens is 1. The van der Waals surface area contributed by atoms with Crippen molar-refractivity contribution in [3.8, 4) is 0 Å². The van der Waals surface area contributed by atoms with Crippen molar-refractivity contribution in [2.45, 2.75) is 31.5 Å². The molecule has 2 atom stereocenters. The van der Waals surface area contributed by atoms with E-state index in [1.165, 1.54) is 0 Å². The highest BCUT2D eigenvalue weighted by atomic mass is 79.9. The van der Waals surface area contributed by atoms with Gasteiger partial charge in [0.15, 0.2) is 0 Å². The van der Waals surface area contributed by atoms with Crippen molar-refractivity contribution in [1.29, 1.82) is 0 Å². The Labute approximate surface area is 183 Å². The second-order valence-corrected chi connectivity index (χ2v) is 7.75. The van der Waals surface area contributed by atoms with Gasteiger partial charge in [-0.1, -0.05) is 83.2 Å². The molecular weight excluding hydrogens is 450 g/mol. The summed E-state index contributed by atoms with van der Waals surface area (Å²) in [5, 5.41) is 5.15. The minimum atomic E-state index is -0.957. The van der Waals surface area contributed by atoms with E-state index in [1.807, 2.05) is 60.7 Å². The van der Waals surface area contributed by atoms with Gasteiger partial charge in [0.25, 0.3) is 0 Å². The zero-order chi connectivity index (χ0) is 21.9. The van der Waals surface area contributed by atoms with Crippen molar-refractivity contribution in [3.63, 3.8) is 0 Å². The summed E-state index contributed by atoms with van der Waals surface area (Å²) >= 11 is 3.16. The molecule has 2 aromatic carbocycles. The van der Waals surface area contributed by atoms with E-state index in [9.17, 15) is 14.4 Å². The van der Waals surface area contributed by atoms with Gasteiger partial charge >= 0.3 is 6.09 Å². The van der Waals surface area contributed by atoms with Crippen molar-refractivity contribution in [1.82, 2.24) is 10.6 Å². The highest BCUT2D eigenvalue weighted by molar-refractivity contribution is 9.11. The number of alkyl carbamates (subject to hydrolysis) is 1. The maximum absolute atomic E-state index is 12.8. The molecule has 0 bridgehead atoms. The molecule has 7 nitrogen and oxygen atoms in total. The van der Waals surface area contributed by atoms with Crippen molar-refractivity contribution in [2.24, 2.45) is 5.73 Å². The molecule has 158 valence electrons. The molecule has 0 saturated heterocycles. The molecule has 0 aliphatic carbocycles. The number of nitrogens with one attached hydrogen (secondary N) is 2. The topological polar surface area (TPSA) is 111 Å². The average molecular weight is 474 g/mol. The van der Waals surface area contributed by atoms with E-state index in [-0.39, 0.29) is 19.4 Å². The summed E-state index contributed by atoms with van der Waals surface area (Å²) in [6.45, 7) is 3.74. The summed E-state index contributed by atoms with van der Waals surface area (Å²) in [5.74, 6) is -1.25. The van der Waals surface area contributed by atoms with Crippen LogP contribution in [-0.4, -0.2) is 30.0 Å². The van der Waals surface area contributed by atoms with Crippen LogP contribution in [0.25, 0.3) is 0 Å². The fraction of sp³-hybridized carbons (Fsp3) is 0.227. The predicted octanol–water partition coefficient (Wildman–Crippen LogP) is 2.79. The van der Waals surface area contributed by atoms with E-state index in [4.69, 9.17) is 10.5 Å². The van der Waals surface area contributed by atoms with Crippen molar-refractivity contribution >= 4 is 33.8 Å². The Morgan fingerprint density at radius 1 is 0.933 bits per heavy atom. The number of rotatable bonds is 10. The molecule has 30 heavy (non-hydrogen) atoms. The molecule has 0 aliphatic heterocycles. The largest absolute Gasteiger partial charge is 0.445 e. The lowest BCUT2D eigenvalue weighted by molar-refractivity contribution is -0.128. The lowest BCUT2D eigenvalue weighted by Gasteiger charge is -2.22. The Bertz CT molecular complexity index is 874. The molecule has 0 unspecified atom stereocenters. The van der Waals surface area contributed by atoms with Crippen LogP contribution in [0.2, 0.25) is 0 Å². The normalized spacial score (nSPS) is 12.3. The minimum absolute atomic E-state index is 0.0691. The van der Waals surface area contributed by atoms with Crippen LogP contribution in [0, 0.1) is 0 Å². The summed E-state index contributed by atoms with van der Waals surface area (Å²) < 4.78 is 5.74. The van der Waals surface area contributed by atoms with E-state index in [2.05, 4.69) is 33.1 Å². The third-order valence-corrected chi connectivity index (χ3v) is 4.51. The van der Waals surface area contributed by atoms with Gasteiger partial charge in [-0.3, -0.25) is 9.59 Å². The maximum atomic E-state index is 12.8. The Kier molecular flexibility index (Phi) is 9.08. The summed E-state index contributed by atoms with van der Waals surface area (Å²) in [6, 6.07) is 16.5. The van der Waals surface area contributed by atoms with Gasteiger partial charge in [0.2, 0.25) is 11.8 Å². The summed E-state index contributed by atoms with van der Waals surface area (Å²) in [4.78, 5) is 36.8. The molecule has 8 heteroatoms. The van der Waals surface area contributed by atoms with Gasteiger partial charge in [-0.05, 0) is 15.6 Å². The summed E-state index contributed by atoms with van der Waals surface area (Å²) in [5.41, 5.74) is 7.03. The molecule has 0 spiro atoms. The molecule has 0 saturated carbocycles. The van der Waals surface area contributed by atoms with Gasteiger partial charge in [-0.25, -0.2) is 4.79 Å². The standard InChI is InChI=1S/C22H24BrN3O4/c1-15(23)12-18(20(24)27)25-21(28)19(13-16-8-4-2-5-9-16)26-22(29)30-14-17-10-6-3-7-11-17/h2-11,18-19H,1,12-14H2,(H2,24,27)(H,25,28)(H,26,29)/t18-,19-/m1/s1. The fourth-order valence-electron chi connectivity index (χ4n) is 2.68. The van der Waals surface area contributed by atoms with Crippen LogP contribution in [0.3, 0.4) is 0 Å². The highest BCUT2D eigenvalue weighted by Crippen LogP contribution is 2.11.